The summed E-state index contributed by atoms with van der Waals surface area (Å²) in [5.41, 5.74) is 2.15. The molecule has 0 amide bonds. The highest BCUT2D eigenvalue weighted by atomic mass is 127. The van der Waals surface area contributed by atoms with Gasteiger partial charge >= 0.3 is 0 Å². The van der Waals surface area contributed by atoms with E-state index in [-0.39, 0.29) is 24.0 Å². The molecule has 0 saturated heterocycles. The molecule has 0 spiro atoms. The average Bonchev–Trinajstić information content (AvgIpc) is 2.75. The van der Waals surface area contributed by atoms with E-state index in [1.165, 1.54) is 0 Å². The number of pyridine rings is 1. The minimum atomic E-state index is 0. The maximum absolute atomic E-state index is 5.70. The van der Waals surface area contributed by atoms with Crippen molar-refractivity contribution >= 4 is 29.9 Å². The van der Waals surface area contributed by atoms with Crippen LogP contribution in [-0.2, 0) is 13.0 Å². The zero-order valence-corrected chi connectivity index (χ0v) is 19.9. The Balaban J connectivity index is 0.00000420. The third-order valence-corrected chi connectivity index (χ3v) is 4.12. The molecular formula is C21H31IN4O3. The molecule has 160 valence electrons. The van der Waals surface area contributed by atoms with Crippen molar-refractivity contribution in [1.82, 2.24) is 15.6 Å². The van der Waals surface area contributed by atoms with Gasteiger partial charge in [-0.05, 0) is 36.6 Å². The Bertz CT molecular complexity index is 771. The molecule has 2 aromatic rings. The van der Waals surface area contributed by atoms with Crippen molar-refractivity contribution in [2.45, 2.75) is 26.3 Å². The van der Waals surface area contributed by atoms with Crippen molar-refractivity contribution < 1.29 is 14.2 Å². The van der Waals surface area contributed by atoms with E-state index in [9.17, 15) is 0 Å². The summed E-state index contributed by atoms with van der Waals surface area (Å²) in [6.07, 6.45) is 3.52. The second-order valence-electron chi connectivity index (χ2n) is 6.11. The van der Waals surface area contributed by atoms with Crippen molar-refractivity contribution in [3.8, 4) is 17.4 Å². The van der Waals surface area contributed by atoms with Crippen molar-refractivity contribution in [3.05, 3.63) is 47.7 Å². The molecule has 0 aliphatic rings. The van der Waals surface area contributed by atoms with Gasteiger partial charge in [0.05, 0.1) is 20.8 Å². The highest BCUT2D eigenvalue weighted by Gasteiger charge is 2.07. The summed E-state index contributed by atoms with van der Waals surface area (Å²) in [6, 6.07) is 9.85. The SMILES string of the molecule is CCCOc1ncccc1CNC(=NC)NCCc1ccc(OC)c(OC)c1.I. The summed E-state index contributed by atoms with van der Waals surface area (Å²) in [4.78, 5) is 8.58. The molecule has 8 heteroatoms. The number of guanidine groups is 1. The maximum atomic E-state index is 5.70. The largest absolute Gasteiger partial charge is 0.493 e. The molecule has 0 aliphatic carbocycles. The predicted octanol–water partition coefficient (Wildman–Crippen LogP) is 3.41. The zero-order chi connectivity index (χ0) is 20.2. The number of nitrogens with zero attached hydrogens (tertiary/aromatic N) is 2. The van der Waals surface area contributed by atoms with Crippen LogP contribution in [0.25, 0.3) is 0 Å². The van der Waals surface area contributed by atoms with Crippen molar-refractivity contribution in [3.63, 3.8) is 0 Å². The van der Waals surface area contributed by atoms with E-state index in [1.807, 2.05) is 30.3 Å². The van der Waals surface area contributed by atoms with E-state index in [0.717, 1.165) is 48.0 Å². The van der Waals surface area contributed by atoms with Gasteiger partial charge in [-0.1, -0.05) is 19.1 Å². The molecule has 0 atom stereocenters. The van der Waals surface area contributed by atoms with Crippen LogP contribution in [0.4, 0.5) is 0 Å². The molecule has 0 saturated carbocycles. The molecule has 1 aromatic heterocycles. The number of methoxy groups -OCH3 is 2. The van der Waals surface area contributed by atoms with Crippen LogP contribution in [0.1, 0.15) is 24.5 Å². The van der Waals surface area contributed by atoms with Crippen LogP contribution in [0.5, 0.6) is 17.4 Å². The molecule has 0 aliphatic heterocycles. The molecule has 0 radical (unpaired) electrons. The summed E-state index contributed by atoms with van der Waals surface area (Å²) in [6.45, 7) is 4.05. The lowest BCUT2D eigenvalue weighted by atomic mass is 10.1. The van der Waals surface area contributed by atoms with Crippen molar-refractivity contribution in [2.24, 2.45) is 4.99 Å². The van der Waals surface area contributed by atoms with E-state index < -0.39 is 0 Å². The number of benzene rings is 1. The Labute approximate surface area is 190 Å². The van der Waals surface area contributed by atoms with Gasteiger partial charge < -0.3 is 24.8 Å². The quantitative estimate of drug-likeness (QED) is 0.288. The fraction of sp³-hybridized carbons (Fsp3) is 0.429. The monoisotopic (exact) mass is 514 g/mol. The molecule has 1 heterocycles. The average molecular weight is 514 g/mol. The third kappa shape index (κ3) is 7.96. The molecule has 2 N–H and O–H groups in total. The molecule has 7 nitrogen and oxygen atoms in total. The first-order valence-electron chi connectivity index (χ1n) is 9.43. The van der Waals surface area contributed by atoms with Gasteiger partial charge in [0.1, 0.15) is 0 Å². The number of halogens is 1. The molecule has 0 unspecified atom stereocenters. The summed E-state index contributed by atoms with van der Waals surface area (Å²) in [5, 5.41) is 6.63. The zero-order valence-electron chi connectivity index (χ0n) is 17.5. The van der Waals surface area contributed by atoms with E-state index in [0.29, 0.717) is 19.0 Å². The highest BCUT2D eigenvalue weighted by Crippen LogP contribution is 2.27. The smallest absolute Gasteiger partial charge is 0.218 e. The van der Waals surface area contributed by atoms with Crippen LogP contribution in [0, 0.1) is 0 Å². The fourth-order valence-corrected chi connectivity index (χ4v) is 2.65. The van der Waals surface area contributed by atoms with Gasteiger partial charge in [-0.25, -0.2) is 4.98 Å². The van der Waals surface area contributed by atoms with Crippen LogP contribution >= 0.6 is 24.0 Å². The van der Waals surface area contributed by atoms with Crippen LogP contribution in [-0.4, -0.2) is 45.4 Å². The summed E-state index contributed by atoms with van der Waals surface area (Å²) in [7, 11) is 5.03. The van der Waals surface area contributed by atoms with Gasteiger partial charge in [-0.15, -0.1) is 24.0 Å². The molecule has 29 heavy (non-hydrogen) atoms. The van der Waals surface area contributed by atoms with Gasteiger partial charge in [0.15, 0.2) is 17.5 Å². The minimum Gasteiger partial charge on any atom is -0.493 e. The second kappa shape index (κ2) is 13.9. The van der Waals surface area contributed by atoms with E-state index in [1.54, 1.807) is 27.5 Å². The fourth-order valence-electron chi connectivity index (χ4n) is 2.65. The highest BCUT2D eigenvalue weighted by molar-refractivity contribution is 14.0. The van der Waals surface area contributed by atoms with Crippen LogP contribution < -0.4 is 24.8 Å². The van der Waals surface area contributed by atoms with Gasteiger partial charge in [0.25, 0.3) is 0 Å². The summed E-state index contributed by atoms with van der Waals surface area (Å²) < 4.78 is 16.3. The van der Waals surface area contributed by atoms with E-state index >= 15 is 0 Å². The van der Waals surface area contributed by atoms with Gasteiger partial charge in [-0.3, -0.25) is 4.99 Å². The van der Waals surface area contributed by atoms with Gasteiger partial charge in [0, 0.05) is 31.9 Å². The number of aliphatic imine (C=N–C) groups is 1. The molecule has 0 fully saturated rings. The molecule has 2 rings (SSSR count). The number of rotatable bonds is 10. The van der Waals surface area contributed by atoms with Crippen LogP contribution in [0.15, 0.2) is 41.5 Å². The topological polar surface area (TPSA) is 77.0 Å². The van der Waals surface area contributed by atoms with Crippen molar-refractivity contribution in [2.75, 3.05) is 34.4 Å². The standard InChI is InChI=1S/C21H30N4O3.HI/c1-5-13-28-20-17(7-6-11-23-20)15-25-21(22-2)24-12-10-16-8-9-18(26-3)19(14-16)27-4;/h6-9,11,14H,5,10,12-13,15H2,1-4H3,(H2,22,24,25);1H. The lowest BCUT2D eigenvalue weighted by Crippen LogP contribution is -2.38. The minimum absolute atomic E-state index is 0. The first-order valence-corrected chi connectivity index (χ1v) is 9.43. The lowest BCUT2D eigenvalue weighted by molar-refractivity contribution is 0.301. The molecule has 1 aromatic carbocycles. The number of nitrogens with one attached hydrogen (secondary N) is 2. The van der Waals surface area contributed by atoms with Crippen molar-refractivity contribution in [1.29, 1.82) is 0 Å². The van der Waals surface area contributed by atoms with E-state index in [2.05, 4.69) is 27.5 Å². The second-order valence-corrected chi connectivity index (χ2v) is 6.11. The summed E-state index contributed by atoms with van der Waals surface area (Å²) in [5.74, 6) is 2.86. The van der Waals surface area contributed by atoms with Crippen LogP contribution in [0.2, 0.25) is 0 Å². The number of aromatic nitrogens is 1. The molecular weight excluding hydrogens is 483 g/mol. The Kier molecular flexibility index (Phi) is 11.9. The Morgan fingerprint density at radius 3 is 2.59 bits per heavy atom. The third-order valence-electron chi connectivity index (χ3n) is 4.12. The predicted molar refractivity (Wildman–Crippen MR) is 127 cm³/mol. The first kappa shape index (κ1) is 24.8. The number of hydrogen-bond donors (Lipinski definition) is 2. The first-order chi connectivity index (χ1) is 13.7. The normalized spacial score (nSPS) is 10.7. The Morgan fingerprint density at radius 1 is 1.10 bits per heavy atom. The Hall–Kier alpha value is -2.23. The number of ether oxygens (including phenoxy) is 3. The lowest BCUT2D eigenvalue weighted by Gasteiger charge is -2.14. The van der Waals surface area contributed by atoms with Crippen LogP contribution in [0.3, 0.4) is 0 Å². The number of hydrogen-bond acceptors (Lipinski definition) is 5. The van der Waals surface area contributed by atoms with Gasteiger partial charge in [0.2, 0.25) is 5.88 Å². The summed E-state index contributed by atoms with van der Waals surface area (Å²) >= 11 is 0. The Morgan fingerprint density at radius 2 is 1.90 bits per heavy atom. The maximum Gasteiger partial charge on any atom is 0.218 e. The van der Waals surface area contributed by atoms with Gasteiger partial charge in [-0.2, -0.15) is 0 Å². The molecule has 0 bridgehead atoms. The van der Waals surface area contributed by atoms with E-state index in [4.69, 9.17) is 14.2 Å².